The van der Waals surface area contributed by atoms with E-state index in [0.29, 0.717) is 30.7 Å². The molecule has 0 unspecified atom stereocenters. The molecule has 0 spiro atoms. The van der Waals surface area contributed by atoms with Gasteiger partial charge in [-0.25, -0.2) is 14.8 Å². The lowest BCUT2D eigenvalue weighted by Gasteiger charge is -2.29. The molecule has 1 amide bonds. The zero-order chi connectivity index (χ0) is 28.7. The number of benzene rings is 1. The summed E-state index contributed by atoms with van der Waals surface area (Å²) in [7, 11) is 0. The quantitative estimate of drug-likeness (QED) is 0.253. The summed E-state index contributed by atoms with van der Waals surface area (Å²) in [6.45, 7) is 6.57. The molecule has 4 aromatic rings. The standard InChI is InChI=1S/C29H29F3N4O3S/c1-28(2,3)39-27(38)35-11-9-22-24(17-35)40-26(34-22)20-8-12-36-23(16-33-25(36)15-20)19-6-4-5-18(13-19)14-21(37)7-10-29(30,31)32/h4-6,8,12-13,15-16H,7,9-11,14,17H2,1-3H3. The van der Waals surface area contributed by atoms with Gasteiger partial charge >= 0.3 is 12.3 Å². The third kappa shape index (κ3) is 6.52. The van der Waals surface area contributed by atoms with Gasteiger partial charge in [0.05, 0.1) is 30.6 Å². The van der Waals surface area contributed by atoms with Crippen LogP contribution in [-0.2, 0) is 28.9 Å². The molecule has 0 bridgehead atoms. The molecule has 40 heavy (non-hydrogen) atoms. The normalized spacial score (nSPS) is 13.9. The summed E-state index contributed by atoms with van der Waals surface area (Å²) >= 11 is 1.55. The van der Waals surface area contributed by atoms with Crippen molar-refractivity contribution in [2.24, 2.45) is 0 Å². The number of hydrogen-bond donors (Lipinski definition) is 0. The Morgan fingerprint density at radius 3 is 2.65 bits per heavy atom. The van der Waals surface area contributed by atoms with Crippen LogP contribution in [0.5, 0.6) is 0 Å². The number of pyridine rings is 1. The van der Waals surface area contributed by atoms with Crippen LogP contribution in [0.15, 0.2) is 48.8 Å². The number of carbonyl (C=O) groups is 2. The largest absolute Gasteiger partial charge is 0.444 e. The molecule has 1 aliphatic rings. The van der Waals surface area contributed by atoms with Crippen LogP contribution in [-0.4, -0.2) is 49.5 Å². The molecule has 5 rings (SSSR count). The maximum absolute atomic E-state index is 12.5. The van der Waals surface area contributed by atoms with E-state index >= 15 is 0 Å². The van der Waals surface area contributed by atoms with E-state index in [4.69, 9.17) is 9.72 Å². The minimum atomic E-state index is -4.34. The topological polar surface area (TPSA) is 76.8 Å². The first kappa shape index (κ1) is 27.8. The monoisotopic (exact) mass is 570 g/mol. The van der Waals surface area contributed by atoms with Crippen LogP contribution in [0.3, 0.4) is 0 Å². The summed E-state index contributed by atoms with van der Waals surface area (Å²) in [6, 6.07) is 11.1. The molecule has 210 valence electrons. The number of amides is 1. The van der Waals surface area contributed by atoms with E-state index in [2.05, 4.69) is 4.98 Å². The lowest BCUT2D eigenvalue weighted by Crippen LogP contribution is -2.39. The van der Waals surface area contributed by atoms with E-state index in [0.717, 1.165) is 32.4 Å². The van der Waals surface area contributed by atoms with Crippen molar-refractivity contribution in [3.8, 4) is 21.8 Å². The van der Waals surface area contributed by atoms with Crippen LogP contribution >= 0.6 is 11.3 Å². The average molecular weight is 571 g/mol. The number of ether oxygens (including phenoxy) is 1. The molecule has 0 radical (unpaired) electrons. The zero-order valence-corrected chi connectivity index (χ0v) is 23.2. The predicted molar refractivity (Wildman–Crippen MR) is 146 cm³/mol. The first-order chi connectivity index (χ1) is 18.8. The van der Waals surface area contributed by atoms with Crippen LogP contribution in [0.1, 0.15) is 49.7 Å². The minimum absolute atomic E-state index is 0.0507. The van der Waals surface area contributed by atoms with Gasteiger partial charge in [-0.15, -0.1) is 11.3 Å². The molecular formula is C29H29F3N4O3S. The molecule has 7 nitrogen and oxygen atoms in total. The summed E-state index contributed by atoms with van der Waals surface area (Å²) in [5.41, 5.74) is 4.34. The fourth-order valence-electron chi connectivity index (χ4n) is 4.57. The Hall–Kier alpha value is -3.73. The number of hydrogen-bond acceptors (Lipinski definition) is 6. The number of aromatic nitrogens is 3. The minimum Gasteiger partial charge on any atom is -0.444 e. The van der Waals surface area contributed by atoms with Gasteiger partial charge in [0.1, 0.15) is 22.0 Å². The van der Waals surface area contributed by atoms with Gasteiger partial charge < -0.3 is 9.64 Å². The van der Waals surface area contributed by atoms with Crippen LogP contribution in [0.25, 0.3) is 27.5 Å². The van der Waals surface area contributed by atoms with Crippen molar-refractivity contribution in [3.05, 3.63) is 64.9 Å². The van der Waals surface area contributed by atoms with Crippen LogP contribution in [0.4, 0.5) is 18.0 Å². The number of Topliss-reactive ketones (excluding diaryl/α,β-unsaturated/α-hetero) is 1. The number of imidazole rings is 1. The molecule has 0 saturated heterocycles. The Morgan fingerprint density at radius 1 is 1.10 bits per heavy atom. The van der Waals surface area contributed by atoms with Gasteiger partial charge in [-0.1, -0.05) is 18.2 Å². The van der Waals surface area contributed by atoms with Crippen molar-refractivity contribution < 1.29 is 27.5 Å². The number of alkyl halides is 3. The number of nitrogens with zero attached hydrogens (tertiary/aromatic N) is 4. The molecule has 1 aliphatic heterocycles. The van der Waals surface area contributed by atoms with Crippen molar-refractivity contribution in [1.29, 1.82) is 0 Å². The van der Waals surface area contributed by atoms with Crippen molar-refractivity contribution in [2.45, 2.75) is 64.8 Å². The second-order valence-electron chi connectivity index (χ2n) is 10.9. The summed E-state index contributed by atoms with van der Waals surface area (Å²) in [5, 5.41) is 0.849. The highest BCUT2D eigenvalue weighted by Crippen LogP contribution is 2.33. The SMILES string of the molecule is CC(C)(C)OC(=O)N1CCc2nc(-c3ccn4c(-c5cccc(CC(=O)CCC(F)(F)F)c5)cnc4c3)sc2C1. The molecule has 0 saturated carbocycles. The molecule has 0 atom stereocenters. The molecule has 0 fully saturated rings. The van der Waals surface area contributed by atoms with Gasteiger partial charge in [0.15, 0.2) is 0 Å². The molecule has 1 aromatic carbocycles. The third-order valence-electron chi connectivity index (χ3n) is 6.45. The highest BCUT2D eigenvalue weighted by atomic mass is 32.1. The van der Waals surface area contributed by atoms with Crippen LogP contribution < -0.4 is 0 Å². The summed E-state index contributed by atoms with van der Waals surface area (Å²) < 4.78 is 44.8. The fraction of sp³-hybridized carbons (Fsp3) is 0.379. The fourth-order valence-corrected chi connectivity index (χ4v) is 5.69. The zero-order valence-electron chi connectivity index (χ0n) is 22.4. The smallest absolute Gasteiger partial charge is 0.410 e. The summed E-state index contributed by atoms with van der Waals surface area (Å²) in [6.07, 6.45) is -2.05. The number of halogens is 3. The first-order valence-corrected chi connectivity index (χ1v) is 13.8. The van der Waals surface area contributed by atoms with Crippen molar-refractivity contribution in [2.75, 3.05) is 6.54 Å². The van der Waals surface area contributed by atoms with E-state index < -0.39 is 30.4 Å². The van der Waals surface area contributed by atoms with Gasteiger partial charge in [0.2, 0.25) is 0 Å². The first-order valence-electron chi connectivity index (χ1n) is 13.0. The summed E-state index contributed by atoms with van der Waals surface area (Å²) in [5.74, 6) is -0.447. The lowest BCUT2D eigenvalue weighted by atomic mass is 10.0. The lowest BCUT2D eigenvalue weighted by molar-refractivity contribution is -0.143. The van der Waals surface area contributed by atoms with E-state index in [9.17, 15) is 22.8 Å². The van der Waals surface area contributed by atoms with Gasteiger partial charge in [0, 0.05) is 48.0 Å². The molecule has 4 heterocycles. The summed E-state index contributed by atoms with van der Waals surface area (Å²) in [4.78, 5) is 36.7. The van der Waals surface area contributed by atoms with E-state index in [1.54, 1.807) is 34.6 Å². The number of fused-ring (bicyclic) bond motifs is 2. The van der Waals surface area contributed by atoms with E-state index in [1.807, 2.05) is 55.6 Å². The number of thiazole rings is 1. The number of carbonyl (C=O) groups excluding carboxylic acids is 2. The molecule has 11 heteroatoms. The Labute approximate surface area is 233 Å². The molecule has 3 aromatic heterocycles. The average Bonchev–Trinajstić information content (AvgIpc) is 3.49. The molecule has 0 aliphatic carbocycles. The van der Waals surface area contributed by atoms with Gasteiger partial charge in [-0.2, -0.15) is 13.2 Å². The highest BCUT2D eigenvalue weighted by molar-refractivity contribution is 7.15. The van der Waals surface area contributed by atoms with E-state index in [-0.39, 0.29) is 12.5 Å². The highest BCUT2D eigenvalue weighted by Gasteiger charge is 2.29. The maximum Gasteiger partial charge on any atom is 0.410 e. The Balaban J connectivity index is 1.32. The van der Waals surface area contributed by atoms with Crippen LogP contribution in [0.2, 0.25) is 0 Å². The molecule has 0 N–H and O–H groups in total. The Morgan fingerprint density at radius 2 is 1.90 bits per heavy atom. The maximum atomic E-state index is 12.5. The van der Waals surface area contributed by atoms with Crippen molar-refractivity contribution in [1.82, 2.24) is 19.3 Å². The number of ketones is 1. The Bertz CT molecular complexity index is 1570. The van der Waals surface area contributed by atoms with Gasteiger partial charge in [-0.3, -0.25) is 9.20 Å². The third-order valence-corrected chi connectivity index (χ3v) is 7.59. The predicted octanol–water partition coefficient (Wildman–Crippen LogP) is 6.87. The van der Waals surface area contributed by atoms with Gasteiger partial charge in [0.25, 0.3) is 0 Å². The van der Waals surface area contributed by atoms with E-state index in [1.165, 1.54) is 0 Å². The van der Waals surface area contributed by atoms with Crippen LogP contribution in [0, 0.1) is 0 Å². The van der Waals surface area contributed by atoms with Crippen molar-refractivity contribution >= 4 is 28.9 Å². The Kier molecular flexibility index (Phi) is 7.43. The van der Waals surface area contributed by atoms with Crippen molar-refractivity contribution in [3.63, 3.8) is 0 Å². The second-order valence-corrected chi connectivity index (χ2v) is 11.9. The van der Waals surface area contributed by atoms with Gasteiger partial charge in [-0.05, 0) is 44.5 Å². The molecular weight excluding hydrogens is 541 g/mol. The number of rotatable bonds is 6. The second kappa shape index (κ2) is 10.7.